The van der Waals surface area contributed by atoms with Crippen LogP contribution in [-0.2, 0) is 14.3 Å². The third-order valence-corrected chi connectivity index (χ3v) is 4.09. The Hall–Kier alpha value is -1.56. The molecule has 0 fully saturated rings. The van der Waals surface area contributed by atoms with Crippen LogP contribution in [0, 0.1) is 0 Å². The number of carbonyl (C=O) groups excluding carboxylic acids is 2. The minimum Gasteiger partial charge on any atom is -0.442 e. The molecule has 0 aromatic rings. The minimum absolute atomic E-state index is 0.119. The minimum atomic E-state index is -0.633. The Balaban J connectivity index is 4.11. The molecule has 0 atom stereocenters. The highest BCUT2D eigenvalue weighted by atomic mass is 16.6. The molecule has 0 aliphatic carbocycles. The van der Waals surface area contributed by atoms with Gasteiger partial charge in [-0.25, -0.2) is 4.79 Å². The average molecular weight is 399 g/mol. The van der Waals surface area contributed by atoms with E-state index in [-0.39, 0.29) is 6.61 Å². The van der Waals surface area contributed by atoms with Gasteiger partial charge < -0.3 is 9.47 Å². The molecule has 0 spiro atoms. The lowest BCUT2D eigenvalue weighted by molar-refractivity contribution is -0.128. The molecule has 2 amide bonds. The molecule has 0 aromatic carbocycles. The predicted octanol–water partition coefficient (Wildman–Crippen LogP) is 5.73. The van der Waals surface area contributed by atoms with Crippen molar-refractivity contribution in [2.75, 3.05) is 13.7 Å². The Labute approximate surface area is 172 Å². The lowest BCUT2D eigenvalue weighted by Crippen LogP contribution is -2.46. The SMILES string of the molecule is CCCCCCCCCCCC/C=C\N(NC(=O)COC)C(=O)OC(C)(C)C. The van der Waals surface area contributed by atoms with Crippen LogP contribution in [0.25, 0.3) is 0 Å². The summed E-state index contributed by atoms with van der Waals surface area (Å²) >= 11 is 0. The molecule has 0 saturated carbocycles. The second-order valence-electron chi connectivity index (χ2n) is 8.17. The van der Waals surface area contributed by atoms with Gasteiger partial charge in [0.05, 0.1) is 0 Å². The Bertz CT molecular complexity index is 444. The first-order valence-electron chi connectivity index (χ1n) is 10.8. The lowest BCUT2D eigenvalue weighted by atomic mass is 10.1. The molecule has 0 radical (unpaired) electrons. The maximum Gasteiger partial charge on any atom is 0.433 e. The first-order valence-corrected chi connectivity index (χ1v) is 10.8. The van der Waals surface area contributed by atoms with E-state index in [1.54, 1.807) is 27.0 Å². The van der Waals surface area contributed by atoms with Crippen molar-refractivity contribution in [3.63, 3.8) is 0 Å². The average Bonchev–Trinajstić information content (AvgIpc) is 2.60. The lowest BCUT2D eigenvalue weighted by Gasteiger charge is -2.25. The van der Waals surface area contributed by atoms with Gasteiger partial charge in [0.15, 0.2) is 0 Å². The molecule has 0 unspecified atom stereocenters. The Morgan fingerprint density at radius 1 is 0.929 bits per heavy atom. The molecule has 0 aliphatic heterocycles. The number of nitrogens with one attached hydrogen (secondary N) is 1. The van der Waals surface area contributed by atoms with E-state index < -0.39 is 17.6 Å². The highest BCUT2D eigenvalue weighted by Crippen LogP contribution is 2.12. The van der Waals surface area contributed by atoms with Gasteiger partial charge in [0.1, 0.15) is 12.2 Å². The van der Waals surface area contributed by atoms with Crippen LogP contribution in [0.4, 0.5) is 4.79 Å². The van der Waals surface area contributed by atoms with Crippen molar-refractivity contribution in [3.8, 4) is 0 Å². The molecule has 164 valence electrons. The summed E-state index contributed by atoms with van der Waals surface area (Å²) < 4.78 is 10.1. The van der Waals surface area contributed by atoms with Crippen molar-refractivity contribution < 1.29 is 19.1 Å². The molecule has 0 saturated heterocycles. The van der Waals surface area contributed by atoms with E-state index in [4.69, 9.17) is 9.47 Å². The van der Waals surface area contributed by atoms with Gasteiger partial charge >= 0.3 is 6.09 Å². The van der Waals surface area contributed by atoms with Crippen molar-refractivity contribution in [2.24, 2.45) is 0 Å². The molecule has 0 aromatic heterocycles. The van der Waals surface area contributed by atoms with E-state index in [0.29, 0.717) is 0 Å². The van der Waals surface area contributed by atoms with Crippen LogP contribution < -0.4 is 5.43 Å². The summed E-state index contributed by atoms with van der Waals surface area (Å²) in [6.07, 6.45) is 16.6. The van der Waals surface area contributed by atoms with Crippen molar-refractivity contribution in [1.29, 1.82) is 0 Å². The molecule has 0 aliphatic rings. The van der Waals surface area contributed by atoms with Crippen LogP contribution in [-0.4, -0.2) is 36.3 Å². The molecule has 1 N–H and O–H groups in total. The molecule has 6 nitrogen and oxygen atoms in total. The molecular formula is C22H42N2O4. The third kappa shape index (κ3) is 16.6. The fraction of sp³-hybridized carbons (Fsp3) is 0.818. The normalized spacial score (nSPS) is 11.6. The van der Waals surface area contributed by atoms with Gasteiger partial charge in [0, 0.05) is 13.3 Å². The quantitative estimate of drug-likeness (QED) is 0.300. The Morgan fingerprint density at radius 2 is 1.46 bits per heavy atom. The van der Waals surface area contributed by atoms with Crippen LogP contribution in [0.2, 0.25) is 0 Å². The summed E-state index contributed by atoms with van der Waals surface area (Å²) in [5, 5.41) is 1.09. The maximum absolute atomic E-state index is 12.2. The van der Waals surface area contributed by atoms with Crippen molar-refractivity contribution in [2.45, 2.75) is 104 Å². The van der Waals surface area contributed by atoms with Crippen LogP contribution >= 0.6 is 0 Å². The second kappa shape index (κ2) is 16.4. The topological polar surface area (TPSA) is 67.9 Å². The Kier molecular flexibility index (Phi) is 15.5. The zero-order chi connectivity index (χ0) is 21.3. The van der Waals surface area contributed by atoms with Gasteiger partial charge in [-0.2, -0.15) is 5.01 Å². The summed E-state index contributed by atoms with van der Waals surface area (Å²) in [5.41, 5.74) is 1.85. The fourth-order valence-electron chi connectivity index (χ4n) is 2.68. The zero-order valence-electron chi connectivity index (χ0n) is 18.7. The molecule has 0 heterocycles. The summed E-state index contributed by atoms with van der Waals surface area (Å²) in [7, 11) is 1.43. The van der Waals surface area contributed by atoms with Gasteiger partial charge in [0.2, 0.25) is 0 Å². The van der Waals surface area contributed by atoms with Crippen LogP contribution in [0.15, 0.2) is 12.3 Å². The summed E-state index contributed by atoms with van der Waals surface area (Å²) in [6.45, 7) is 7.48. The van der Waals surface area contributed by atoms with Crippen LogP contribution in [0.5, 0.6) is 0 Å². The first kappa shape index (κ1) is 26.4. The van der Waals surface area contributed by atoms with Gasteiger partial charge in [-0.3, -0.25) is 10.2 Å². The number of hydrogen-bond acceptors (Lipinski definition) is 4. The molecule has 28 heavy (non-hydrogen) atoms. The highest BCUT2D eigenvalue weighted by Gasteiger charge is 2.22. The van der Waals surface area contributed by atoms with Gasteiger partial charge in [-0.15, -0.1) is 0 Å². The van der Waals surface area contributed by atoms with Crippen molar-refractivity contribution in [1.82, 2.24) is 10.4 Å². The largest absolute Gasteiger partial charge is 0.442 e. The van der Waals surface area contributed by atoms with E-state index in [2.05, 4.69) is 12.3 Å². The number of methoxy groups -OCH3 is 1. The number of allylic oxidation sites excluding steroid dienone is 1. The summed E-state index contributed by atoms with van der Waals surface area (Å²) in [5.74, 6) is -0.406. The number of hydrazine groups is 1. The molecule has 0 bridgehead atoms. The predicted molar refractivity (Wildman–Crippen MR) is 114 cm³/mol. The summed E-state index contributed by atoms with van der Waals surface area (Å²) in [4.78, 5) is 24.0. The highest BCUT2D eigenvalue weighted by molar-refractivity contribution is 5.80. The fourth-order valence-corrected chi connectivity index (χ4v) is 2.68. The monoisotopic (exact) mass is 398 g/mol. The maximum atomic E-state index is 12.2. The number of carbonyl (C=O) groups is 2. The number of unbranched alkanes of at least 4 members (excludes halogenated alkanes) is 10. The van der Waals surface area contributed by atoms with Crippen LogP contribution in [0.3, 0.4) is 0 Å². The summed E-state index contributed by atoms with van der Waals surface area (Å²) in [6, 6.07) is 0. The van der Waals surface area contributed by atoms with E-state index >= 15 is 0 Å². The number of amides is 2. The van der Waals surface area contributed by atoms with E-state index in [9.17, 15) is 9.59 Å². The van der Waals surface area contributed by atoms with Crippen molar-refractivity contribution in [3.05, 3.63) is 12.3 Å². The van der Waals surface area contributed by atoms with Crippen LogP contribution in [0.1, 0.15) is 98.3 Å². The van der Waals surface area contributed by atoms with E-state index in [0.717, 1.165) is 17.9 Å². The first-order chi connectivity index (χ1) is 13.3. The van der Waals surface area contributed by atoms with Gasteiger partial charge in [-0.05, 0) is 33.6 Å². The Morgan fingerprint density at radius 3 is 1.96 bits per heavy atom. The number of ether oxygens (including phenoxy) is 2. The molecule has 6 heteroatoms. The number of rotatable bonds is 14. The third-order valence-electron chi connectivity index (χ3n) is 4.09. The van der Waals surface area contributed by atoms with Crippen molar-refractivity contribution >= 4 is 12.0 Å². The number of nitrogens with zero attached hydrogens (tertiary/aromatic N) is 1. The van der Waals surface area contributed by atoms with Gasteiger partial charge in [-0.1, -0.05) is 70.8 Å². The standard InChI is InChI=1S/C22H42N2O4/c1-6-7-8-9-10-11-12-13-14-15-16-17-18-24(23-20(25)19-27-5)21(26)28-22(2,3)4/h17-18H,6-16,19H2,1-5H3,(H,23,25)/b18-17-. The number of hydrogen-bond donors (Lipinski definition) is 1. The zero-order valence-corrected chi connectivity index (χ0v) is 18.7. The smallest absolute Gasteiger partial charge is 0.433 e. The molecular weight excluding hydrogens is 356 g/mol. The molecule has 0 rings (SSSR count). The van der Waals surface area contributed by atoms with E-state index in [1.807, 2.05) is 6.08 Å². The van der Waals surface area contributed by atoms with E-state index in [1.165, 1.54) is 64.9 Å². The van der Waals surface area contributed by atoms with Gasteiger partial charge in [0.25, 0.3) is 5.91 Å². The second-order valence-corrected chi connectivity index (χ2v) is 8.17.